The SMILES string of the molecule is [2H]c1c([2H])c([2H])c(-c2c([2H])c([2H])c([2H])c(-c3c([2H])c([2H])c([2H])c([2H])c3[2H])c2N2[CH-]N(c3[c-]c(C(F)(F)c4[c-]c5c(cc4)c4ccccc4n5-c4cc(C(C)(C)C)ccn4)cc(-c4c(C)cc(C)cc4C)c3)c3ccccc32)c([2H])c1[2H].[2H]c1c([2H])c([2H])c(-c2c([2H])c([2H])c([2H])c(-c3c([2H])c([2H])c([2H])c([2H])c3[2H])c2N2[CH-]N(c3[c-]c(C(F)(F)c4[c-]c5c(cc4)c4ccccc4n5-c4cc(C(C)(C)C)ccn4)cc([Si](C)(C)C)c3)c3ccccc32)c([2H])c1[2H].[Pt].[Pt]. The molecule has 0 atom stereocenters. The van der Waals surface area contributed by atoms with Crippen LogP contribution in [0, 0.1) is 58.4 Å². The van der Waals surface area contributed by atoms with E-state index in [9.17, 15) is 5.48 Å². The zero-order chi connectivity index (χ0) is 113. The van der Waals surface area contributed by atoms with E-state index < -0.39 is 244 Å². The van der Waals surface area contributed by atoms with Crippen LogP contribution < -0.4 is 24.8 Å². The number of fused-ring (bicyclic) bond motifs is 8. The molecular formula is C118H96F4N8Pt2Si-6. The molecule has 0 saturated heterocycles. The largest absolute Gasteiger partial charge is 0.493 e. The number of rotatable bonds is 16. The molecule has 0 fully saturated rings. The predicted molar refractivity (Wildman–Crippen MR) is 536 cm³/mol. The standard InChI is InChI=1S/C62H49F2N4.C56H47F2N4Si.2Pt/c1-40-32-41(2)59(42(3)33-40)45-34-48(62(63,64)47-28-29-53-52-22-13-14-25-54(52)68(57(53)37-47)58-38-46(30-31-65-58)61(4,5)6)36-49(35-45)66-39-67(56-27-16-15-26-55(56)66)60-50(43-18-9-7-10-19-43)23-17-24-51(60)44-20-11-8-12-21-44;1-55(2,3)40-30-31-59-53(35-40)62-49-25-14-13-22-47(49)48-29-28-41(34-52(48)62)56(57,58)42-32-43(36-44(33-42)63(4,5)6)60-37-61(51-27-16-15-26-50(51)60)54-45(38-18-9-7-10-19-38)23-17-24-46(54)39-20-11-8-12-21-39;;/h7-35,38-39H,1-6H3;7-31,33,35-37H,1-6H3;;/q2*-3;;/i2*7D,8D,9D,10D,11D,12D,17D,18D,19D,20D,21D,23D,24D;;. The maximum Gasteiger partial charge on any atom is 0.254 e. The number of pyridine rings is 2. The summed E-state index contributed by atoms with van der Waals surface area (Å²) in [6.07, 6.45) is 3.41. The molecule has 2 aliphatic rings. The molecule has 0 saturated carbocycles. The molecule has 6 heterocycles. The van der Waals surface area contributed by atoms with Gasteiger partial charge in [0.2, 0.25) is 0 Å². The average molecular weight is 2150 g/mol. The van der Waals surface area contributed by atoms with Crippen LogP contribution in [0.25, 0.3) is 111 Å². The van der Waals surface area contributed by atoms with Crippen LogP contribution in [0.5, 0.6) is 0 Å². The second-order valence-electron chi connectivity index (χ2n) is 35.4. The summed E-state index contributed by atoms with van der Waals surface area (Å²) >= 11 is 0. The summed E-state index contributed by atoms with van der Waals surface area (Å²) in [6.45, 7) is 27.0. The second kappa shape index (κ2) is 35.7. The first-order valence-corrected chi connectivity index (χ1v) is 45.9. The van der Waals surface area contributed by atoms with Gasteiger partial charge in [-0.2, -0.15) is 59.8 Å². The Morgan fingerprint density at radius 3 is 1.08 bits per heavy atom. The molecule has 0 radical (unpaired) electrons. The van der Waals surface area contributed by atoms with E-state index in [1.165, 1.54) is 57.2 Å². The number of para-hydroxylation sites is 8. The van der Waals surface area contributed by atoms with E-state index in [-0.39, 0.29) is 87.1 Å². The third-order valence-corrected chi connectivity index (χ3v) is 25.7. The molecule has 666 valence electrons. The van der Waals surface area contributed by atoms with E-state index in [2.05, 4.69) is 65.8 Å². The first kappa shape index (κ1) is 63.7. The number of aromatic nitrogens is 4. The number of hydrogen-bond acceptors (Lipinski definition) is 6. The van der Waals surface area contributed by atoms with E-state index in [4.69, 9.17) is 40.1 Å². The quantitative estimate of drug-likeness (QED) is 0.0546. The first-order chi connectivity index (χ1) is 73.9. The van der Waals surface area contributed by atoms with E-state index in [1.807, 2.05) is 134 Å². The Kier molecular flexibility index (Phi) is 17.1. The Bertz CT molecular complexity index is 9030. The van der Waals surface area contributed by atoms with Gasteiger partial charge in [-0.3, -0.25) is 0 Å². The Balaban J connectivity index is 0.000000203. The topological polar surface area (TPSA) is 48.6 Å². The van der Waals surface area contributed by atoms with Crippen LogP contribution in [0.3, 0.4) is 0 Å². The van der Waals surface area contributed by atoms with Gasteiger partial charge in [-0.05, 0) is 153 Å². The van der Waals surface area contributed by atoms with Crippen molar-refractivity contribution in [1.82, 2.24) is 19.1 Å². The zero-order valence-corrected chi connectivity index (χ0v) is 79.4. The van der Waals surface area contributed by atoms with E-state index in [1.54, 1.807) is 85.2 Å². The van der Waals surface area contributed by atoms with Crippen LogP contribution in [0.4, 0.5) is 63.1 Å². The van der Waals surface area contributed by atoms with Crippen molar-refractivity contribution in [3.8, 4) is 67.3 Å². The van der Waals surface area contributed by atoms with E-state index in [0.29, 0.717) is 61.1 Å². The summed E-state index contributed by atoms with van der Waals surface area (Å²) in [5.41, 5.74) is 1.72. The van der Waals surface area contributed by atoms with E-state index >= 15 is 17.6 Å². The summed E-state index contributed by atoms with van der Waals surface area (Å²) < 4.78 is 308. The molecule has 15 heteroatoms. The van der Waals surface area contributed by atoms with Crippen molar-refractivity contribution in [3.05, 3.63) is 439 Å². The number of halogens is 4. The van der Waals surface area contributed by atoms with Crippen LogP contribution in [-0.4, -0.2) is 27.2 Å². The number of benzene rings is 15. The minimum Gasteiger partial charge on any atom is -0.493 e. The molecule has 21 rings (SSSR count). The molecule has 8 nitrogen and oxygen atoms in total. The van der Waals surface area contributed by atoms with Crippen molar-refractivity contribution in [2.45, 2.75) is 105 Å². The number of nitrogens with zero attached hydrogens (tertiary/aromatic N) is 8. The Hall–Kier alpha value is -13.3. The molecule has 0 bridgehead atoms. The summed E-state index contributed by atoms with van der Waals surface area (Å²) in [4.78, 5) is 15.2. The molecule has 0 aliphatic carbocycles. The van der Waals surface area contributed by atoms with Crippen LogP contribution in [0.2, 0.25) is 19.6 Å². The summed E-state index contributed by atoms with van der Waals surface area (Å²) in [5, 5.41) is 3.62. The Morgan fingerprint density at radius 2 is 0.699 bits per heavy atom. The van der Waals surface area contributed by atoms with E-state index in [0.717, 1.165) is 49.6 Å². The molecule has 133 heavy (non-hydrogen) atoms. The van der Waals surface area contributed by atoms with Crippen LogP contribution >= 0.6 is 0 Å². The fraction of sp³-hybridized carbons (Fsp3) is 0.136. The predicted octanol–water partition coefficient (Wildman–Crippen LogP) is 31.1. The smallest absolute Gasteiger partial charge is 0.254 e. The fourth-order valence-corrected chi connectivity index (χ4v) is 18.5. The minimum absolute atomic E-state index is 0. The summed E-state index contributed by atoms with van der Waals surface area (Å²) in [5.74, 6) is -6.48. The van der Waals surface area contributed by atoms with Crippen LogP contribution in [-0.2, 0) is 64.8 Å². The average Bonchev–Trinajstić information content (AvgIpc) is 1.65. The van der Waals surface area contributed by atoms with Gasteiger partial charge in [0.1, 0.15) is 11.6 Å². The van der Waals surface area contributed by atoms with Gasteiger partial charge in [0.15, 0.2) is 0 Å². The number of hydrogen-bond donors (Lipinski definition) is 0. The zero-order valence-electron chi connectivity index (χ0n) is 99.9. The Morgan fingerprint density at radius 1 is 0.346 bits per heavy atom. The Labute approximate surface area is 842 Å². The molecule has 0 spiro atoms. The van der Waals surface area contributed by atoms with Crippen molar-refractivity contribution < 1.29 is 95.3 Å². The van der Waals surface area contributed by atoms with Crippen molar-refractivity contribution >= 4 is 102 Å². The summed E-state index contributed by atoms with van der Waals surface area (Å²) in [7, 11) is -2.51. The fourth-order valence-electron chi connectivity index (χ4n) is 17.3. The normalized spacial score (nSPS) is 15.6. The van der Waals surface area contributed by atoms with Gasteiger partial charge in [-0.1, -0.05) is 330 Å². The molecule has 4 aromatic heterocycles. The number of alkyl halides is 4. The molecule has 2 aliphatic heterocycles. The van der Waals surface area contributed by atoms with Gasteiger partial charge in [-0.25, -0.2) is 27.5 Å². The van der Waals surface area contributed by atoms with Gasteiger partial charge in [-0.15, -0.1) is 59.2 Å². The maximum atomic E-state index is 18.3. The van der Waals surface area contributed by atoms with Crippen molar-refractivity contribution in [1.29, 1.82) is 0 Å². The number of anilines is 8. The molecule has 0 amide bonds. The molecule has 15 aromatic carbocycles. The van der Waals surface area contributed by atoms with Crippen molar-refractivity contribution in [2.75, 3.05) is 19.6 Å². The third kappa shape index (κ3) is 16.8. The molecular weight excluding hydrogens is 2020 g/mol. The second-order valence-corrected chi connectivity index (χ2v) is 40.5. The monoisotopic (exact) mass is 2140 g/mol. The minimum atomic E-state index is -3.81. The van der Waals surface area contributed by atoms with Gasteiger partial charge in [0.05, 0.1) is 43.7 Å². The van der Waals surface area contributed by atoms with Gasteiger partial charge >= 0.3 is 0 Å². The van der Waals surface area contributed by atoms with Crippen LogP contribution in [0.1, 0.15) is 127 Å². The van der Waals surface area contributed by atoms with Crippen molar-refractivity contribution in [2.24, 2.45) is 0 Å². The van der Waals surface area contributed by atoms with Crippen molar-refractivity contribution in [3.63, 3.8) is 0 Å². The molecule has 0 unspecified atom stereocenters. The first-order valence-electron chi connectivity index (χ1n) is 55.4. The van der Waals surface area contributed by atoms with Gasteiger partial charge in [0, 0.05) is 122 Å². The van der Waals surface area contributed by atoms with Gasteiger partial charge < -0.3 is 28.7 Å². The third-order valence-electron chi connectivity index (χ3n) is 23.7. The maximum absolute atomic E-state index is 18.3. The molecule has 19 aromatic rings. The number of aryl methyl sites for hydroxylation is 3. The molecule has 0 N–H and O–H groups in total. The van der Waals surface area contributed by atoms with Gasteiger partial charge in [0.25, 0.3) is 11.8 Å². The van der Waals surface area contributed by atoms with Crippen LogP contribution in [0.15, 0.2) is 351 Å². The summed E-state index contributed by atoms with van der Waals surface area (Å²) in [6, 6.07) is 44.4.